The standard InChI is InChI=1S/C18H27N3O2/c1-14-11-21(12-15(2)19-14)18(22)17-5-3-4-16(10-17)13-20-6-8-23-9-7-20/h3-5,10,14-15,19H,6-9,11-13H2,1-2H3. The third-order valence-corrected chi connectivity index (χ3v) is 4.53. The normalized spacial score (nSPS) is 26.3. The van der Waals surface area contributed by atoms with Crippen LogP contribution in [-0.2, 0) is 11.3 Å². The van der Waals surface area contributed by atoms with Crippen molar-refractivity contribution in [2.75, 3.05) is 39.4 Å². The van der Waals surface area contributed by atoms with E-state index in [0.29, 0.717) is 12.1 Å². The number of carbonyl (C=O) groups is 1. The Hall–Kier alpha value is -1.43. The molecule has 0 aliphatic carbocycles. The quantitative estimate of drug-likeness (QED) is 0.914. The minimum atomic E-state index is 0.147. The topological polar surface area (TPSA) is 44.8 Å². The van der Waals surface area contributed by atoms with Crippen LogP contribution in [0.4, 0.5) is 0 Å². The van der Waals surface area contributed by atoms with Crippen LogP contribution in [0.2, 0.25) is 0 Å². The SMILES string of the molecule is CC1CN(C(=O)c2cccc(CN3CCOCC3)c2)CC(C)N1. The van der Waals surface area contributed by atoms with Gasteiger partial charge in [-0.1, -0.05) is 12.1 Å². The highest BCUT2D eigenvalue weighted by atomic mass is 16.5. The second kappa shape index (κ2) is 7.43. The molecule has 2 atom stereocenters. The van der Waals surface area contributed by atoms with Gasteiger partial charge in [-0.05, 0) is 31.5 Å². The molecule has 0 saturated carbocycles. The molecule has 5 heteroatoms. The Labute approximate surface area is 138 Å². The van der Waals surface area contributed by atoms with Crippen LogP contribution in [0, 0.1) is 0 Å². The van der Waals surface area contributed by atoms with E-state index in [1.807, 2.05) is 17.0 Å². The van der Waals surface area contributed by atoms with Gasteiger partial charge >= 0.3 is 0 Å². The predicted molar refractivity (Wildman–Crippen MR) is 90.5 cm³/mol. The highest BCUT2D eigenvalue weighted by molar-refractivity contribution is 5.94. The van der Waals surface area contributed by atoms with E-state index >= 15 is 0 Å². The second-order valence-electron chi connectivity index (χ2n) is 6.77. The molecule has 0 bridgehead atoms. The summed E-state index contributed by atoms with van der Waals surface area (Å²) >= 11 is 0. The molecule has 2 saturated heterocycles. The van der Waals surface area contributed by atoms with Gasteiger partial charge in [0.05, 0.1) is 13.2 Å². The zero-order valence-electron chi connectivity index (χ0n) is 14.1. The molecular formula is C18H27N3O2. The van der Waals surface area contributed by atoms with E-state index < -0.39 is 0 Å². The maximum absolute atomic E-state index is 12.8. The van der Waals surface area contributed by atoms with Crippen molar-refractivity contribution in [2.24, 2.45) is 0 Å². The van der Waals surface area contributed by atoms with Gasteiger partial charge in [-0.15, -0.1) is 0 Å². The summed E-state index contributed by atoms with van der Waals surface area (Å²) in [6.45, 7) is 10.2. The zero-order chi connectivity index (χ0) is 16.2. The fourth-order valence-corrected chi connectivity index (χ4v) is 3.50. The molecule has 1 N–H and O–H groups in total. The summed E-state index contributed by atoms with van der Waals surface area (Å²) in [6, 6.07) is 8.78. The monoisotopic (exact) mass is 317 g/mol. The van der Waals surface area contributed by atoms with Crippen LogP contribution in [0.5, 0.6) is 0 Å². The van der Waals surface area contributed by atoms with Crippen molar-refractivity contribution in [3.63, 3.8) is 0 Å². The number of amides is 1. The number of morpholine rings is 1. The van der Waals surface area contributed by atoms with Crippen molar-refractivity contribution in [3.05, 3.63) is 35.4 Å². The molecule has 0 aromatic heterocycles. The smallest absolute Gasteiger partial charge is 0.253 e. The Morgan fingerprint density at radius 1 is 1.22 bits per heavy atom. The highest BCUT2D eigenvalue weighted by Crippen LogP contribution is 2.14. The first-order chi connectivity index (χ1) is 11.1. The molecule has 126 valence electrons. The molecule has 23 heavy (non-hydrogen) atoms. The van der Waals surface area contributed by atoms with Gasteiger partial charge in [-0.25, -0.2) is 0 Å². The Morgan fingerprint density at radius 3 is 2.61 bits per heavy atom. The summed E-state index contributed by atoms with van der Waals surface area (Å²) in [4.78, 5) is 17.1. The average Bonchev–Trinajstić information content (AvgIpc) is 2.54. The molecule has 0 radical (unpaired) electrons. The van der Waals surface area contributed by atoms with Gasteiger partial charge in [0.1, 0.15) is 0 Å². The van der Waals surface area contributed by atoms with E-state index in [9.17, 15) is 4.79 Å². The maximum Gasteiger partial charge on any atom is 0.253 e. The number of rotatable bonds is 3. The summed E-state index contributed by atoms with van der Waals surface area (Å²) in [5.74, 6) is 0.147. The van der Waals surface area contributed by atoms with Gasteiger partial charge in [0, 0.05) is 50.4 Å². The molecular weight excluding hydrogens is 290 g/mol. The van der Waals surface area contributed by atoms with Crippen LogP contribution < -0.4 is 5.32 Å². The van der Waals surface area contributed by atoms with E-state index in [1.54, 1.807) is 0 Å². The lowest BCUT2D eigenvalue weighted by Crippen LogP contribution is -2.55. The first kappa shape index (κ1) is 16.4. The fraction of sp³-hybridized carbons (Fsp3) is 0.611. The molecule has 2 heterocycles. The van der Waals surface area contributed by atoms with Gasteiger partial charge in [-0.3, -0.25) is 9.69 Å². The third-order valence-electron chi connectivity index (χ3n) is 4.53. The molecule has 5 nitrogen and oxygen atoms in total. The van der Waals surface area contributed by atoms with Gasteiger partial charge < -0.3 is 15.0 Å². The first-order valence-electron chi connectivity index (χ1n) is 8.56. The molecule has 2 aliphatic heterocycles. The second-order valence-corrected chi connectivity index (χ2v) is 6.77. The van der Waals surface area contributed by atoms with E-state index in [2.05, 4.69) is 36.2 Å². The van der Waals surface area contributed by atoms with Crippen molar-refractivity contribution in [1.29, 1.82) is 0 Å². The van der Waals surface area contributed by atoms with Crippen LogP contribution in [0.3, 0.4) is 0 Å². The van der Waals surface area contributed by atoms with E-state index in [4.69, 9.17) is 4.74 Å². The molecule has 2 aliphatic rings. The molecule has 1 amide bonds. The molecule has 1 aromatic rings. The maximum atomic E-state index is 12.8. The van der Waals surface area contributed by atoms with Crippen LogP contribution in [0.15, 0.2) is 24.3 Å². The molecule has 2 fully saturated rings. The van der Waals surface area contributed by atoms with Crippen LogP contribution >= 0.6 is 0 Å². The number of nitrogens with one attached hydrogen (secondary N) is 1. The lowest BCUT2D eigenvalue weighted by atomic mass is 10.1. The summed E-state index contributed by atoms with van der Waals surface area (Å²) in [5.41, 5.74) is 2.01. The number of nitrogens with zero attached hydrogens (tertiary/aromatic N) is 2. The Bertz CT molecular complexity index is 533. The zero-order valence-corrected chi connectivity index (χ0v) is 14.1. The number of benzene rings is 1. The Kier molecular flexibility index (Phi) is 5.30. The third kappa shape index (κ3) is 4.31. The minimum absolute atomic E-state index is 0.147. The number of hydrogen-bond donors (Lipinski definition) is 1. The summed E-state index contributed by atoms with van der Waals surface area (Å²) < 4.78 is 5.39. The van der Waals surface area contributed by atoms with Gasteiger partial charge in [-0.2, -0.15) is 0 Å². The van der Waals surface area contributed by atoms with Crippen molar-refractivity contribution >= 4 is 5.91 Å². The fourth-order valence-electron chi connectivity index (χ4n) is 3.50. The number of ether oxygens (including phenoxy) is 1. The summed E-state index contributed by atoms with van der Waals surface area (Å²) in [5, 5.41) is 3.47. The average molecular weight is 317 g/mol. The van der Waals surface area contributed by atoms with E-state index in [-0.39, 0.29) is 5.91 Å². The molecule has 1 aromatic carbocycles. The van der Waals surface area contributed by atoms with Crippen molar-refractivity contribution < 1.29 is 9.53 Å². The lowest BCUT2D eigenvalue weighted by molar-refractivity contribution is 0.0341. The predicted octanol–water partition coefficient (Wildman–Crippen LogP) is 1.34. The van der Waals surface area contributed by atoms with Gasteiger partial charge in [0.2, 0.25) is 0 Å². The Morgan fingerprint density at radius 2 is 1.91 bits per heavy atom. The number of hydrogen-bond acceptors (Lipinski definition) is 4. The van der Waals surface area contributed by atoms with Gasteiger partial charge in [0.15, 0.2) is 0 Å². The number of carbonyl (C=O) groups excluding carboxylic acids is 1. The van der Waals surface area contributed by atoms with E-state index in [1.165, 1.54) is 5.56 Å². The largest absolute Gasteiger partial charge is 0.379 e. The highest BCUT2D eigenvalue weighted by Gasteiger charge is 2.25. The lowest BCUT2D eigenvalue weighted by Gasteiger charge is -2.36. The van der Waals surface area contributed by atoms with Crippen molar-refractivity contribution in [2.45, 2.75) is 32.5 Å². The molecule has 0 spiro atoms. The first-order valence-corrected chi connectivity index (χ1v) is 8.56. The van der Waals surface area contributed by atoms with Crippen LogP contribution in [0.25, 0.3) is 0 Å². The summed E-state index contributed by atoms with van der Waals surface area (Å²) in [6.07, 6.45) is 0. The van der Waals surface area contributed by atoms with E-state index in [0.717, 1.165) is 51.5 Å². The van der Waals surface area contributed by atoms with Crippen molar-refractivity contribution in [1.82, 2.24) is 15.1 Å². The van der Waals surface area contributed by atoms with Crippen LogP contribution in [-0.4, -0.2) is 67.2 Å². The van der Waals surface area contributed by atoms with Crippen molar-refractivity contribution in [3.8, 4) is 0 Å². The molecule has 3 rings (SSSR count). The van der Waals surface area contributed by atoms with Gasteiger partial charge in [0.25, 0.3) is 5.91 Å². The Balaban J connectivity index is 1.67. The molecule has 2 unspecified atom stereocenters. The number of piperazine rings is 1. The minimum Gasteiger partial charge on any atom is -0.379 e. The summed E-state index contributed by atoms with van der Waals surface area (Å²) in [7, 11) is 0. The van der Waals surface area contributed by atoms with Crippen LogP contribution in [0.1, 0.15) is 29.8 Å².